The van der Waals surface area contributed by atoms with E-state index in [4.69, 9.17) is 9.05 Å². The van der Waals surface area contributed by atoms with Crippen molar-refractivity contribution in [2.75, 3.05) is 40.9 Å². The van der Waals surface area contributed by atoms with Crippen molar-refractivity contribution < 1.29 is 32.9 Å². The number of aliphatic hydroxyl groups is 1. The van der Waals surface area contributed by atoms with E-state index in [9.17, 15) is 19.4 Å². The Labute approximate surface area is 581 Å². The minimum Gasteiger partial charge on any atom is -0.756 e. The Kier molecular flexibility index (Phi) is 70.3. The summed E-state index contributed by atoms with van der Waals surface area (Å²) in [5.74, 6) is -0.221. The topological polar surface area (TPSA) is 108 Å². The number of likely N-dealkylation sites (N-methyl/N-ethyl adjacent to an activating group) is 1. The number of carbonyl (C=O) groups is 1. The molecule has 0 aliphatic rings. The summed E-state index contributed by atoms with van der Waals surface area (Å²) < 4.78 is 23.5. The number of phosphoric acid groups is 1. The second-order valence-corrected chi connectivity index (χ2v) is 28.4. The molecule has 94 heavy (non-hydrogen) atoms. The van der Waals surface area contributed by atoms with Crippen LogP contribution < -0.4 is 10.2 Å². The van der Waals surface area contributed by atoms with Crippen LogP contribution in [0.1, 0.15) is 322 Å². The maximum atomic E-state index is 13.1. The number of carbonyl (C=O) groups excluding carboxylic acids is 1. The Bertz CT molecular complexity index is 2100. The van der Waals surface area contributed by atoms with Crippen LogP contribution >= 0.6 is 7.82 Å². The van der Waals surface area contributed by atoms with Gasteiger partial charge in [-0.3, -0.25) is 9.36 Å². The van der Waals surface area contributed by atoms with Crippen LogP contribution in [-0.4, -0.2) is 68.5 Å². The fourth-order valence-corrected chi connectivity index (χ4v) is 11.5. The van der Waals surface area contributed by atoms with E-state index in [0.29, 0.717) is 17.4 Å². The molecule has 0 saturated carbocycles. The molecule has 0 rings (SSSR count). The third-order valence-electron chi connectivity index (χ3n) is 16.7. The molecule has 0 heterocycles. The number of phosphoric ester groups is 1. The maximum absolute atomic E-state index is 13.1. The number of unbranched alkanes of at least 4 members (excludes halogenated alkanes) is 33. The molecular formula is C85H147N2O6P. The number of hydrogen-bond donors (Lipinski definition) is 2. The van der Waals surface area contributed by atoms with E-state index in [1.165, 1.54) is 180 Å². The Morgan fingerprint density at radius 2 is 0.660 bits per heavy atom. The zero-order chi connectivity index (χ0) is 68.3. The second kappa shape index (κ2) is 73.4. The standard InChI is InChI=1S/C85H147N2O6P/c1-6-8-10-12-14-16-18-20-22-24-26-28-30-32-34-36-38-39-40-41-42-43-44-45-46-47-49-51-53-55-57-59-61-63-65-67-69-71-73-75-77-79-85(89)86-83(82-93-94(90,91)92-81-80-87(3,4)5)84(88)78-76-74-72-70-68-66-64-62-60-58-56-54-52-50-48-37-35-33-31-29-27-25-23-21-19-17-15-13-11-9-7-2/h8,10,14,16,20,22,26,28,32,34,38-39,41-42,44-45,47,49,53,55,59,61,68,70,76,78,83-84,88H,6-7,9,11-13,15,17-19,21,23-25,27,29-31,33,35-37,40,43,46,48,50-52,54,56-58,60,62-67,69,71-75,77,79-82H2,1-5H3,(H-,86,89,90,91)/b10-8-,16-14-,22-20-,28-26-,34-32-,39-38-,42-41-,45-44-,49-47-,55-53-,61-59-,70-68+,78-76+. The van der Waals surface area contributed by atoms with E-state index >= 15 is 0 Å². The van der Waals surface area contributed by atoms with Crippen molar-refractivity contribution in [2.24, 2.45) is 0 Å². The Balaban J connectivity index is 4.15. The van der Waals surface area contributed by atoms with Gasteiger partial charge in [-0.1, -0.05) is 358 Å². The van der Waals surface area contributed by atoms with E-state index < -0.39 is 26.6 Å². The van der Waals surface area contributed by atoms with Gasteiger partial charge >= 0.3 is 0 Å². The minimum atomic E-state index is -4.63. The number of rotatable bonds is 70. The summed E-state index contributed by atoms with van der Waals surface area (Å²) in [6, 6.07) is -0.923. The molecular weight excluding hydrogens is 1180 g/mol. The molecule has 3 unspecified atom stereocenters. The summed E-state index contributed by atoms with van der Waals surface area (Å²) in [5.41, 5.74) is 0. The van der Waals surface area contributed by atoms with Gasteiger partial charge in [0.2, 0.25) is 5.91 Å². The molecule has 1 amide bonds. The lowest BCUT2D eigenvalue weighted by molar-refractivity contribution is -0.870. The maximum Gasteiger partial charge on any atom is 0.268 e. The Morgan fingerprint density at radius 1 is 0.383 bits per heavy atom. The van der Waals surface area contributed by atoms with Crippen molar-refractivity contribution in [2.45, 2.75) is 334 Å². The molecule has 0 bridgehead atoms. The molecule has 0 aliphatic heterocycles. The van der Waals surface area contributed by atoms with Crippen LogP contribution in [0.2, 0.25) is 0 Å². The highest BCUT2D eigenvalue weighted by Crippen LogP contribution is 2.38. The summed E-state index contributed by atoms with van der Waals surface area (Å²) in [6.45, 7) is 4.52. The quantitative estimate of drug-likeness (QED) is 0.0272. The first kappa shape index (κ1) is 90.1. The lowest BCUT2D eigenvalue weighted by Crippen LogP contribution is -2.45. The zero-order valence-corrected chi connectivity index (χ0v) is 62.5. The number of quaternary nitrogens is 1. The van der Waals surface area contributed by atoms with Crippen LogP contribution in [0.3, 0.4) is 0 Å². The van der Waals surface area contributed by atoms with E-state index in [-0.39, 0.29) is 12.5 Å². The van der Waals surface area contributed by atoms with Crippen molar-refractivity contribution in [3.63, 3.8) is 0 Å². The van der Waals surface area contributed by atoms with Crippen LogP contribution in [-0.2, 0) is 18.4 Å². The summed E-state index contributed by atoms with van der Waals surface area (Å²) in [5, 5.41) is 14.0. The highest BCUT2D eigenvalue weighted by Gasteiger charge is 2.23. The van der Waals surface area contributed by atoms with Gasteiger partial charge in [0.1, 0.15) is 13.2 Å². The first-order valence-corrected chi connectivity index (χ1v) is 40.3. The van der Waals surface area contributed by atoms with Crippen LogP contribution in [0.4, 0.5) is 0 Å². The normalized spacial score (nSPS) is 14.4. The summed E-state index contributed by atoms with van der Waals surface area (Å²) in [7, 11) is 1.22. The van der Waals surface area contributed by atoms with Gasteiger partial charge in [-0.2, -0.15) is 0 Å². The largest absolute Gasteiger partial charge is 0.756 e. The smallest absolute Gasteiger partial charge is 0.268 e. The molecule has 0 saturated heterocycles. The van der Waals surface area contributed by atoms with Gasteiger partial charge in [-0.05, 0) is 116 Å². The first-order chi connectivity index (χ1) is 46.0. The third kappa shape index (κ3) is 75.5. The molecule has 8 nitrogen and oxygen atoms in total. The zero-order valence-electron chi connectivity index (χ0n) is 61.6. The number of aliphatic hydroxyl groups excluding tert-OH is 1. The fourth-order valence-electron chi connectivity index (χ4n) is 10.8. The molecule has 2 N–H and O–H groups in total. The predicted molar refractivity (Wildman–Crippen MR) is 412 cm³/mol. The Hall–Kier alpha value is -3.88. The first-order valence-electron chi connectivity index (χ1n) is 38.8. The third-order valence-corrected chi connectivity index (χ3v) is 17.7. The number of nitrogens with zero attached hydrogens (tertiary/aromatic N) is 1. The van der Waals surface area contributed by atoms with Crippen LogP contribution in [0.25, 0.3) is 0 Å². The molecule has 0 fully saturated rings. The SMILES string of the molecule is CC/C=C\C/C=C\C/C=C\C/C=C\C/C=C\C/C=C\C/C=C\C/C=C\C/C=C\C/C=C\C/C=C\CCCCCCCCCC(=O)NC(COP(=O)([O-])OCC[N+](C)(C)C)C(O)/C=C/CC/C=C/CCCCCCCCCCCCCCCCCCCCCCCCCCC. The minimum absolute atomic E-state index is 0.0161. The summed E-state index contributed by atoms with van der Waals surface area (Å²) in [6.07, 6.45) is 114. The van der Waals surface area contributed by atoms with Crippen molar-refractivity contribution in [1.29, 1.82) is 0 Å². The molecule has 9 heteroatoms. The van der Waals surface area contributed by atoms with E-state index in [1.54, 1.807) is 6.08 Å². The highest BCUT2D eigenvalue weighted by atomic mass is 31.2. The van der Waals surface area contributed by atoms with E-state index in [1.807, 2.05) is 27.2 Å². The Morgan fingerprint density at radius 3 is 0.989 bits per heavy atom. The fraction of sp³-hybridized carbons (Fsp3) is 0.682. The van der Waals surface area contributed by atoms with Gasteiger partial charge in [0.05, 0.1) is 39.9 Å². The molecule has 0 aromatic carbocycles. The number of hydrogen-bond acceptors (Lipinski definition) is 6. The summed E-state index contributed by atoms with van der Waals surface area (Å²) >= 11 is 0. The van der Waals surface area contributed by atoms with Crippen molar-refractivity contribution in [1.82, 2.24) is 5.32 Å². The highest BCUT2D eigenvalue weighted by molar-refractivity contribution is 7.45. The molecule has 0 aromatic rings. The van der Waals surface area contributed by atoms with Gasteiger partial charge in [0, 0.05) is 6.42 Å². The molecule has 538 valence electrons. The van der Waals surface area contributed by atoms with Crippen molar-refractivity contribution in [3.05, 3.63) is 158 Å². The van der Waals surface area contributed by atoms with Crippen molar-refractivity contribution >= 4 is 13.7 Å². The molecule has 0 aromatic heterocycles. The average Bonchev–Trinajstić information content (AvgIpc) is 1.77. The average molecular weight is 1320 g/mol. The van der Waals surface area contributed by atoms with Gasteiger partial charge in [0.15, 0.2) is 0 Å². The van der Waals surface area contributed by atoms with Gasteiger partial charge in [0.25, 0.3) is 7.82 Å². The number of allylic oxidation sites excluding steroid dienone is 25. The van der Waals surface area contributed by atoms with Gasteiger partial charge < -0.3 is 28.8 Å². The summed E-state index contributed by atoms with van der Waals surface area (Å²) in [4.78, 5) is 25.7. The number of amides is 1. The molecule has 3 atom stereocenters. The second-order valence-electron chi connectivity index (χ2n) is 27.0. The molecule has 0 radical (unpaired) electrons. The number of nitrogens with one attached hydrogen (secondary N) is 1. The molecule has 0 aliphatic carbocycles. The van der Waals surface area contributed by atoms with E-state index in [2.05, 4.69) is 165 Å². The van der Waals surface area contributed by atoms with Crippen LogP contribution in [0.15, 0.2) is 158 Å². The van der Waals surface area contributed by atoms with Gasteiger partial charge in [-0.15, -0.1) is 0 Å². The monoisotopic (exact) mass is 1320 g/mol. The van der Waals surface area contributed by atoms with Crippen LogP contribution in [0.5, 0.6) is 0 Å². The lowest BCUT2D eigenvalue weighted by atomic mass is 10.0. The van der Waals surface area contributed by atoms with Gasteiger partial charge in [-0.25, -0.2) is 0 Å². The van der Waals surface area contributed by atoms with Crippen LogP contribution in [0, 0.1) is 0 Å². The van der Waals surface area contributed by atoms with Crippen molar-refractivity contribution in [3.8, 4) is 0 Å². The van der Waals surface area contributed by atoms with E-state index in [0.717, 1.165) is 122 Å². The predicted octanol–water partition coefficient (Wildman–Crippen LogP) is 25.0. The lowest BCUT2D eigenvalue weighted by Gasteiger charge is -2.29. The molecule has 0 spiro atoms.